The summed E-state index contributed by atoms with van der Waals surface area (Å²) < 4.78 is 4.18. The molecule has 3 aromatic rings. The Kier molecular flexibility index (Phi) is 7.31. The molecule has 0 aromatic carbocycles. The van der Waals surface area contributed by atoms with Gasteiger partial charge in [-0.3, -0.25) is 0 Å². The number of rotatable bonds is 5. The van der Waals surface area contributed by atoms with Gasteiger partial charge < -0.3 is 0 Å². The number of aromatic nitrogens is 3. The molecule has 0 fully saturated rings. The number of hydrogen-bond donors (Lipinski definition) is 0. The van der Waals surface area contributed by atoms with Gasteiger partial charge in [0.25, 0.3) is 0 Å². The maximum absolute atomic E-state index is 5.05. The van der Waals surface area contributed by atoms with E-state index in [-0.39, 0.29) is 10.8 Å². The van der Waals surface area contributed by atoms with Gasteiger partial charge in [0, 0.05) is 33.6 Å². The topological polar surface area (TPSA) is 47.5 Å². The van der Waals surface area contributed by atoms with Crippen LogP contribution in [0.2, 0.25) is 0 Å². The summed E-state index contributed by atoms with van der Waals surface area (Å²) in [6.45, 7) is 26.1. The van der Waals surface area contributed by atoms with Crippen molar-refractivity contribution < 1.29 is 0 Å². The van der Waals surface area contributed by atoms with Crippen LogP contribution in [0.3, 0.4) is 0 Å². The summed E-state index contributed by atoms with van der Waals surface area (Å²) in [5.41, 5.74) is 9.47. The highest BCUT2D eigenvalue weighted by Crippen LogP contribution is 2.29. The molecule has 0 aliphatic rings. The first-order valence-corrected chi connectivity index (χ1v) is 12.6. The fourth-order valence-corrected chi connectivity index (χ4v) is 4.18. The Hall–Kier alpha value is -2.95. The molecule has 3 rings (SSSR count). The Bertz CT molecular complexity index is 1270. The predicted molar refractivity (Wildman–Crippen MR) is 149 cm³/mol. The third kappa shape index (κ3) is 5.66. The SMILES string of the molecule is C/C(=N\n1c(C(C)C)ccc1C(C)(C)C)c1cccc(/C(C)=N/n2c(C(C)(C)C)cc(C)c2C)n1. The average molecular weight is 474 g/mol. The van der Waals surface area contributed by atoms with Crippen LogP contribution < -0.4 is 0 Å². The van der Waals surface area contributed by atoms with Crippen LogP contribution in [0.5, 0.6) is 0 Å². The number of nitrogens with zero attached hydrogens (tertiary/aromatic N) is 5. The quantitative estimate of drug-likeness (QED) is 0.353. The van der Waals surface area contributed by atoms with Gasteiger partial charge in [-0.15, -0.1) is 0 Å². The van der Waals surface area contributed by atoms with Gasteiger partial charge >= 0.3 is 0 Å². The maximum Gasteiger partial charge on any atom is 0.0867 e. The zero-order chi connectivity index (χ0) is 26.3. The monoisotopic (exact) mass is 473 g/mol. The van der Waals surface area contributed by atoms with Crippen molar-refractivity contribution in [3.8, 4) is 0 Å². The van der Waals surface area contributed by atoms with Crippen molar-refractivity contribution in [1.29, 1.82) is 0 Å². The lowest BCUT2D eigenvalue weighted by Gasteiger charge is -2.21. The fraction of sp³-hybridized carbons (Fsp3) is 0.500. The van der Waals surface area contributed by atoms with Crippen molar-refractivity contribution in [3.63, 3.8) is 0 Å². The van der Waals surface area contributed by atoms with Crippen LogP contribution in [-0.2, 0) is 10.8 Å². The highest BCUT2D eigenvalue weighted by atomic mass is 15.4. The Morgan fingerprint density at radius 2 is 1.29 bits per heavy atom. The van der Waals surface area contributed by atoms with Gasteiger partial charge in [-0.2, -0.15) is 10.2 Å². The second-order valence-electron chi connectivity index (χ2n) is 12.0. The first kappa shape index (κ1) is 26.7. The molecule has 188 valence electrons. The second-order valence-corrected chi connectivity index (χ2v) is 12.0. The van der Waals surface area contributed by atoms with Gasteiger partial charge in [0.2, 0.25) is 0 Å². The number of hydrogen-bond acceptors (Lipinski definition) is 3. The van der Waals surface area contributed by atoms with Crippen LogP contribution in [0.1, 0.15) is 115 Å². The lowest BCUT2D eigenvalue weighted by atomic mass is 9.92. The minimum absolute atomic E-state index is 0.00301. The highest BCUT2D eigenvalue weighted by molar-refractivity contribution is 6.00. The normalized spacial score (nSPS) is 13.7. The summed E-state index contributed by atoms with van der Waals surface area (Å²) in [4.78, 5) is 4.96. The fourth-order valence-electron chi connectivity index (χ4n) is 4.18. The Morgan fingerprint density at radius 3 is 1.77 bits per heavy atom. The van der Waals surface area contributed by atoms with E-state index in [9.17, 15) is 0 Å². The van der Waals surface area contributed by atoms with E-state index in [0.29, 0.717) is 5.92 Å². The van der Waals surface area contributed by atoms with E-state index in [0.717, 1.165) is 28.5 Å². The van der Waals surface area contributed by atoms with Crippen LogP contribution >= 0.6 is 0 Å². The Morgan fingerprint density at radius 1 is 0.771 bits per heavy atom. The second kappa shape index (κ2) is 9.60. The molecule has 5 heteroatoms. The molecule has 0 aliphatic carbocycles. The summed E-state index contributed by atoms with van der Waals surface area (Å²) in [5.74, 6) is 0.376. The molecule has 3 aromatic heterocycles. The van der Waals surface area contributed by atoms with Gasteiger partial charge in [0.05, 0.1) is 22.8 Å². The van der Waals surface area contributed by atoms with Crippen LogP contribution in [0.4, 0.5) is 0 Å². The molecule has 0 bridgehead atoms. The smallest absolute Gasteiger partial charge is 0.0867 e. The summed E-state index contributed by atoms with van der Waals surface area (Å²) in [6.07, 6.45) is 0. The van der Waals surface area contributed by atoms with Crippen molar-refractivity contribution in [1.82, 2.24) is 14.3 Å². The van der Waals surface area contributed by atoms with Crippen molar-refractivity contribution >= 4 is 11.4 Å². The summed E-state index contributed by atoms with van der Waals surface area (Å²) in [5, 5.41) is 10.1. The molecule has 0 radical (unpaired) electrons. The zero-order valence-corrected chi connectivity index (χ0v) is 23.8. The predicted octanol–water partition coefficient (Wildman–Crippen LogP) is 7.56. The standard InChI is InChI=1S/C30H43N5/c1-19(2)26-16-17-27(29(7,8)9)35(26)33-22(5)25-15-13-14-24(31-25)21(4)32-34-23(6)20(3)18-28(34)30(10,11)12/h13-19H,1-12H3/b32-21+,33-22+. The van der Waals surface area contributed by atoms with Gasteiger partial charge in [0.1, 0.15) is 0 Å². The zero-order valence-electron chi connectivity index (χ0n) is 23.8. The number of aryl methyl sites for hydroxylation is 1. The molecule has 0 unspecified atom stereocenters. The van der Waals surface area contributed by atoms with E-state index in [1.54, 1.807) is 0 Å². The van der Waals surface area contributed by atoms with E-state index in [1.165, 1.54) is 22.6 Å². The molecule has 5 nitrogen and oxygen atoms in total. The van der Waals surface area contributed by atoms with E-state index < -0.39 is 0 Å². The average Bonchev–Trinajstić information content (AvgIpc) is 3.30. The lowest BCUT2D eigenvalue weighted by Crippen LogP contribution is -2.18. The third-order valence-electron chi connectivity index (χ3n) is 6.47. The van der Waals surface area contributed by atoms with Gasteiger partial charge in [-0.1, -0.05) is 61.5 Å². The van der Waals surface area contributed by atoms with Crippen LogP contribution in [0, 0.1) is 13.8 Å². The number of pyridine rings is 1. The van der Waals surface area contributed by atoms with Crippen molar-refractivity contribution in [2.45, 2.75) is 99.8 Å². The minimum Gasteiger partial charge on any atom is -0.245 e. The summed E-state index contributed by atoms with van der Waals surface area (Å²) in [7, 11) is 0. The molecule has 0 aliphatic heterocycles. The molecule has 0 saturated heterocycles. The molecular weight excluding hydrogens is 430 g/mol. The molecule has 0 spiro atoms. The molecule has 35 heavy (non-hydrogen) atoms. The van der Waals surface area contributed by atoms with Crippen molar-refractivity contribution in [2.24, 2.45) is 10.2 Å². The molecule has 0 saturated carbocycles. The van der Waals surface area contributed by atoms with E-state index >= 15 is 0 Å². The minimum atomic E-state index is -0.00698. The van der Waals surface area contributed by atoms with E-state index in [1.807, 2.05) is 32.0 Å². The van der Waals surface area contributed by atoms with Gasteiger partial charge in [-0.05, 0) is 69.5 Å². The Labute approximate surface area is 212 Å². The van der Waals surface area contributed by atoms with Crippen molar-refractivity contribution in [3.05, 3.63) is 76.1 Å². The summed E-state index contributed by atoms with van der Waals surface area (Å²) in [6, 6.07) is 12.7. The first-order chi connectivity index (χ1) is 16.1. The summed E-state index contributed by atoms with van der Waals surface area (Å²) >= 11 is 0. The van der Waals surface area contributed by atoms with Crippen LogP contribution in [0.15, 0.2) is 46.6 Å². The van der Waals surface area contributed by atoms with Gasteiger partial charge in [0.15, 0.2) is 0 Å². The molecule has 3 heterocycles. The van der Waals surface area contributed by atoms with Crippen LogP contribution in [-0.4, -0.2) is 25.8 Å². The van der Waals surface area contributed by atoms with E-state index in [2.05, 4.69) is 96.8 Å². The first-order valence-electron chi connectivity index (χ1n) is 12.6. The van der Waals surface area contributed by atoms with Crippen molar-refractivity contribution in [2.75, 3.05) is 0 Å². The highest BCUT2D eigenvalue weighted by Gasteiger charge is 2.23. The molecule has 0 N–H and O–H groups in total. The largest absolute Gasteiger partial charge is 0.245 e. The maximum atomic E-state index is 5.05. The third-order valence-corrected chi connectivity index (χ3v) is 6.47. The van der Waals surface area contributed by atoms with E-state index in [4.69, 9.17) is 15.2 Å². The van der Waals surface area contributed by atoms with Crippen LogP contribution in [0.25, 0.3) is 0 Å². The Balaban J connectivity index is 2.06. The lowest BCUT2D eigenvalue weighted by molar-refractivity contribution is 0.528. The molecular formula is C30H43N5. The molecule has 0 amide bonds. The van der Waals surface area contributed by atoms with Gasteiger partial charge in [-0.25, -0.2) is 14.3 Å². The molecule has 0 atom stereocenters.